The Morgan fingerprint density at radius 1 is 1.27 bits per heavy atom. The molecule has 0 unspecified atom stereocenters. The van der Waals surface area contributed by atoms with Crippen LogP contribution in [0.3, 0.4) is 0 Å². The third kappa shape index (κ3) is 3.55. The predicted octanol–water partition coefficient (Wildman–Crippen LogP) is 2.81. The van der Waals surface area contributed by atoms with Gasteiger partial charge in [-0.1, -0.05) is 6.08 Å². The zero-order valence-electron chi connectivity index (χ0n) is 16.8. The van der Waals surface area contributed by atoms with E-state index in [1.54, 1.807) is 11.8 Å². The summed E-state index contributed by atoms with van der Waals surface area (Å²) in [5, 5.41) is 13.5. The van der Waals surface area contributed by atoms with Crippen LogP contribution >= 0.6 is 0 Å². The summed E-state index contributed by atoms with van der Waals surface area (Å²) in [5.41, 5.74) is -0.0533. The molecule has 3 aliphatic rings. The van der Waals surface area contributed by atoms with E-state index in [0.29, 0.717) is 5.56 Å². The lowest BCUT2D eigenvalue weighted by Crippen LogP contribution is -2.45. The van der Waals surface area contributed by atoms with Gasteiger partial charge in [-0.3, -0.25) is 24.6 Å². The second-order valence-corrected chi connectivity index (χ2v) is 8.19. The molecule has 9 heteroatoms. The molecular weight excluding hydrogens is 388 g/mol. The molecule has 9 nitrogen and oxygen atoms in total. The highest BCUT2D eigenvalue weighted by Gasteiger charge is 2.50. The number of allylic oxidation sites excluding steroid dienone is 2. The van der Waals surface area contributed by atoms with Crippen molar-refractivity contribution in [1.29, 1.82) is 0 Å². The lowest BCUT2D eigenvalue weighted by Gasteiger charge is -2.29. The number of carbonyl (C=O) groups is 3. The molecule has 158 valence electrons. The molecule has 0 spiro atoms. The van der Waals surface area contributed by atoms with E-state index in [9.17, 15) is 24.5 Å². The maximum atomic E-state index is 13.1. The molecule has 1 aliphatic heterocycles. The maximum Gasteiger partial charge on any atom is 0.325 e. The summed E-state index contributed by atoms with van der Waals surface area (Å²) in [6, 6.07) is 5.00. The van der Waals surface area contributed by atoms with E-state index < -0.39 is 22.4 Å². The monoisotopic (exact) mass is 412 g/mol. The first-order chi connectivity index (χ1) is 14.3. The summed E-state index contributed by atoms with van der Waals surface area (Å²) in [6.07, 6.45) is 7.87. The van der Waals surface area contributed by atoms with Crippen LogP contribution in [0.2, 0.25) is 0 Å². The van der Waals surface area contributed by atoms with E-state index >= 15 is 0 Å². The second kappa shape index (κ2) is 7.55. The Hall–Kier alpha value is -3.23. The van der Waals surface area contributed by atoms with Crippen LogP contribution in [0.5, 0.6) is 0 Å². The summed E-state index contributed by atoms with van der Waals surface area (Å²) in [4.78, 5) is 51.8. The quantitative estimate of drug-likeness (QED) is 0.439. The minimum absolute atomic E-state index is 0.105. The molecule has 0 radical (unpaired) electrons. The molecule has 1 saturated carbocycles. The molecule has 4 rings (SSSR count). The Kier molecular flexibility index (Phi) is 5.05. The normalized spacial score (nSPS) is 23.8. The molecule has 1 aromatic rings. The van der Waals surface area contributed by atoms with Crippen LogP contribution in [0.4, 0.5) is 10.5 Å². The lowest BCUT2D eigenvalue weighted by molar-refractivity contribution is -0.384. The van der Waals surface area contributed by atoms with Gasteiger partial charge in [-0.2, -0.15) is 0 Å². The van der Waals surface area contributed by atoms with Gasteiger partial charge in [0.15, 0.2) is 0 Å². The van der Waals surface area contributed by atoms with Gasteiger partial charge in [0.2, 0.25) is 5.91 Å². The van der Waals surface area contributed by atoms with Crippen LogP contribution < -0.4 is 5.32 Å². The van der Waals surface area contributed by atoms with Crippen molar-refractivity contribution in [3.05, 3.63) is 51.7 Å². The fourth-order valence-corrected chi connectivity index (χ4v) is 4.14. The van der Waals surface area contributed by atoms with Crippen molar-refractivity contribution in [2.75, 3.05) is 6.54 Å². The highest BCUT2D eigenvalue weighted by atomic mass is 16.6. The summed E-state index contributed by atoms with van der Waals surface area (Å²) >= 11 is 0. The lowest BCUT2D eigenvalue weighted by atomic mass is 9.92. The van der Waals surface area contributed by atoms with Gasteiger partial charge in [-0.05, 0) is 63.1 Å². The molecule has 0 bridgehead atoms. The van der Waals surface area contributed by atoms with Crippen LogP contribution in [-0.4, -0.2) is 45.2 Å². The van der Waals surface area contributed by atoms with Crippen LogP contribution in [0.25, 0.3) is 0 Å². The fourth-order valence-electron chi connectivity index (χ4n) is 4.14. The standard InChI is InChI=1S/C21H24N4O5/c1-21(14-7-9-17(10-8-14)25(29)30)19(27)23(20(28)22-21)13-18(26)24(16-11-12-16)15-5-3-2-4-6-15/h5,7-10,16H,2-4,6,11-13H2,1H3,(H,22,28)/t21-/m0/s1. The number of nitro groups is 1. The third-order valence-electron chi connectivity index (χ3n) is 5.98. The van der Waals surface area contributed by atoms with E-state index in [1.165, 1.54) is 24.3 Å². The molecule has 1 N–H and O–H groups in total. The van der Waals surface area contributed by atoms with Crippen molar-refractivity contribution in [2.45, 2.75) is 57.0 Å². The van der Waals surface area contributed by atoms with Gasteiger partial charge in [0.1, 0.15) is 12.1 Å². The number of urea groups is 1. The zero-order chi connectivity index (χ0) is 21.5. The number of benzene rings is 1. The average Bonchev–Trinajstić information content (AvgIpc) is 3.54. The maximum absolute atomic E-state index is 13.1. The van der Waals surface area contributed by atoms with E-state index in [0.717, 1.165) is 49.1 Å². The van der Waals surface area contributed by atoms with E-state index in [2.05, 4.69) is 11.4 Å². The molecule has 1 saturated heterocycles. The molecule has 30 heavy (non-hydrogen) atoms. The number of nitro benzene ring substituents is 1. The Bertz CT molecular complexity index is 937. The minimum atomic E-state index is -1.37. The zero-order valence-corrected chi connectivity index (χ0v) is 16.8. The molecule has 2 fully saturated rings. The number of nitrogens with one attached hydrogen (secondary N) is 1. The van der Waals surface area contributed by atoms with E-state index in [-0.39, 0.29) is 24.2 Å². The third-order valence-corrected chi connectivity index (χ3v) is 5.98. The summed E-state index contributed by atoms with van der Waals surface area (Å²) in [5.74, 6) is -0.787. The van der Waals surface area contributed by atoms with Gasteiger partial charge < -0.3 is 10.2 Å². The van der Waals surface area contributed by atoms with Crippen molar-refractivity contribution in [2.24, 2.45) is 0 Å². The molecule has 2 aliphatic carbocycles. The number of nitrogens with zero attached hydrogens (tertiary/aromatic N) is 3. The van der Waals surface area contributed by atoms with Crippen molar-refractivity contribution in [1.82, 2.24) is 15.1 Å². The van der Waals surface area contributed by atoms with Gasteiger partial charge in [0, 0.05) is 23.9 Å². The number of carbonyl (C=O) groups excluding carboxylic acids is 3. The first-order valence-electron chi connectivity index (χ1n) is 10.2. The number of imide groups is 1. The fraction of sp³-hybridized carbons (Fsp3) is 0.476. The first-order valence-corrected chi connectivity index (χ1v) is 10.2. The topological polar surface area (TPSA) is 113 Å². The summed E-state index contributed by atoms with van der Waals surface area (Å²) in [6.45, 7) is 1.22. The molecule has 1 aromatic carbocycles. The van der Waals surface area contributed by atoms with Crippen LogP contribution in [-0.2, 0) is 15.1 Å². The highest BCUT2D eigenvalue weighted by molar-refractivity contribution is 6.09. The van der Waals surface area contributed by atoms with Crippen LogP contribution in [0.1, 0.15) is 51.0 Å². The minimum Gasteiger partial charge on any atom is -0.319 e. The first kappa shape index (κ1) is 20.1. The second-order valence-electron chi connectivity index (χ2n) is 8.19. The molecule has 1 heterocycles. The molecule has 0 aromatic heterocycles. The molecule has 4 amide bonds. The average molecular weight is 412 g/mol. The largest absolute Gasteiger partial charge is 0.325 e. The van der Waals surface area contributed by atoms with Gasteiger partial charge >= 0.3 is 6.03 Å². The van der Waals surface area contributed by atoms with Crippen molar-refractivity contribution in [3.63, 3.8) is 0 Å². The van der Waals surface area contributed by atoms with Crippen molar-refractivity contribution >= 4 is 23.5 Å². The van der Waals surface area contributed by atoms with Crippen molar-refractivity contribution in [3.8, 4) is 0 Å². The highest BCUT2D eigenvalue weighted by Crippen LogP contribution is 2.35. The van der Waals surface area contributed by atoms with E-state index in [4.69, 9.17) is 0 Å². The van der Waals surface area contributed by atoms with Crippen LogP contribution in [0.15, 0.2) is 36.0 Å². The Morgan fingerprint density at radius 2 is 1.97 bits per heavy atom. The van der Waals surface area contributed by atoms with Gasteiger partial charge in [-0.25, -0.2) is 4.79 Å². The SMILES string of the molecule is C[C@@]1(c2ccc([N+](=O)[O-])cc2)NC(=O)N(CC(=O)N(C2=CCCCC2)C2CC2)C1=O. The number of hydrogen-bond acceptors (Lipinski definition) is 5. The number of amides is 4. The van der Waals surface area contributed by atoms with Crippen molar-refractivity contribution < 1.29 is 19.3 Å². The van der Waals surface area contributed by atoms with Gasteiger partial charge in [0.05, 0.1) is 4.92 Å². The van der Waals surface area contributed by atoms with E-state index in [1.807, 2.05) is 0 Å². The van der Waals surface area contributed by atoms with Gasteiger partial charge in [-0.15, -0.1) is 0 Å². The molecular formula is C21H24N4O5. The number of rotatable bonds is 6. The smallest absolute Gasteiger partial charge is 0.319 e. The number of hydrogen-bond donors (Lipinski definition) is 1. The van der Waals surface area contributed by atoms with Gasteiger partial charge in [0.25, 0.3) is 11.6 Å². The summed E-state index contributed by atoms with van der Waals surface area (Å²) < 4.78 is 0. The van der Waals surface area contributed by atoms with Crippen LogP contribution in [0, 0.1) is 10.1 Å². The molecule has 1 atom stereocenters. The Balaban J connectivity index is 1.53. The number of non-ortho nitro benzene ring substituents is 1. The Morgan fingerprint density at radius 3 is 2.53 bits per heavy atom. The predicted molar refractivity (Wildman–Crippen MR) is 107 cm³/mol. The Labute approximate surface area is 173 Å². The summed E-state index contributed by atoms with van der Waals surface area (Å²) in [7, 11) is 0.